The lowest BCUT2D eigenvalue weighted by molar-refractivity contribution is -0.113. The number of nitrogen functional groups attached to an aromatic ring is 1. The zero-order valence-corrected chi connectivity index (χ0v) is 20.1. The van der Waals surface area contributed by atoms with Crippen molar-refractivity contribution in [3.63, 3.8) is 0 Å². The summed E-state index contributed by atoms with van der Waals surface area (Å²) in [6.45, 7) is 0. The lowest BCUT2D eigenvalue weighted by Gasteiger charge is -2.14. The molecule has 3 aromatic rings. The van der Waals surface area contributed by atoms with Crippen LogP contribution in [0.15, 0.2) is 53.6 Å². The normalized spacial score (nSPS) is 10.1. The van der Waals surface area contributed by atoms with Crippen LogP contribution in [-0.4, -0.2) is 43.9 Å². The van der Waals surface area contributed by atoms with Gasteiger partial charge in [-0.2, -0.15) is 5.26 Å². The van der Waals surface area contributed by atoms with Crippen LogP contribution in [0.2, 0.25) is 0 Å². The average molecular weight is 494 g/mol. The molecule has 0 aliphatic rings. The van der Waals surface area contributed by atoms with Crippen molar-refractivity contribution in [2.75, 3.05) is 43.4 Å². The molecule has 0 spiro atoms. The Bertz CT molecular complexity index is 1250. The highest BCUT2D eigenvalue weighted by Crippen LogP contribution is 2.40. The molecule has 0 fully saturated rings. The lowest BCUT2D eigenvalue weighted by Crippen LogP contribution is -2.17. The molecule has 180 valence electrons. The van der Waals surface area contributed by atoms with Crippen molar-refractivity contribution >= 4 is 40.8 Å². The van der Waals surface area contributed by atoms with Crippen LogP contribution in [0, 0.1) is 11.3 Å². The Balaban J connectivity index is 1.72. The molecule has 35 heavy (non-hydrogen) atoms. The second-order valence-electron chi connectivity index (χ2n) is 6.96. The number of anilines is 3. The maximum absolute atomic E-state index is 12.6. The minimum absolute atomic E-state index is 0.0510. The van der Waals surface area contributed by atoms with Gasteiger partial charge in [-0.05, 0) is 18.2 Å². The van der Waals surface area contributed by atoms with Crippen LogP contribution >= 0.6 is 11.8 Å². The van der Waals surface area contributed by atoms with Crippen LogP contribution in [0.5, 0.6) is 17.2 Å². The van der Waals surface area contributed by atoms with Crippen LogP contribution in [0.3, 0.4) is 0 Å². The number of amides is 2. The van der Waals surface area contributed by atoms with Crippen molar-refractivity contribution in [3.8, 4) is 23.3 Å². The molecule has 2 aromatic carbocycles. The number of aromatic nitrogens is 1. The third kappa shape index (κ3) is 6.13. The number of carbonyl (C=O) groups excluding carboxylic acids is 2. The highest BCUT2D eigenvalue weighted by Gasteiger charge is 2.18. The number of carbonyl (C=O) groups is 2. The Hall–Kier alpha value is -4.43. The largest absolute Gasteiger partial charge is 0.493 e. The van der Waals surface area contributed by atoms with Crippen LogP contribution in [0.4, 0.5) is 17.2 Å². The van der Waals surface area contributed by atoms with Gasteiger partial charge in [0.2, 0.25) is 11.7 Å². The summed E-state index contributed by atoms with van der Waals surface area (Å²) < 4.78 is 15.8. The summed E-state index contributed by atoms with van der Waals surface area (Å²) in [4.78, 5) is 29.3. The van der Waals surface area contributed by atoms with E-state index < -0.39 is 5.91 Å². The zero-order chi connectivity index (χ0) is 25.4. The fourth-order valence-electron chi connectivity index (χ4n) is 3.09. The first-order chi connectivity index (χ1) is 16.9. The number of thioether (sulfide) groups is 1. The minimum atomic E-state index is -0.491. The van der Waals surface area contributed by atoms with Crippen LogP contribution in [0.25, 0.3) is 0 Å². The van der Waals surface area contributed by atoms with Gasteiger partial charge >= 0.3 is 0 Å². The fraction of sp³-hybridized carbons (Fsp3) is 0.167. The molecule has 0 saturated heterocycles. The molecular weight excluding hydrogens is 470 g/mol. The van der Waals surface area contributed by atoms with Gasteiger partial charge < -0.3 is 30.6 Å². The fourth-order valence-corrected chi connectivity index (χ4v) is 3.85. The number of pyridine rings is 1. The zero-order valence-electron chi connectivity index (χ0n) is 19.2. The van der Waals surface area contributed by atoms with Crippen molar-refractivity contribution in [2.24, 2.45) is 0 Å². The van der Waals surface area contributed by atoms with E-state index in [4.69, 9.17) is 19.9 Å². The number of methoxy groups -OCH3 is 3. The number of nitriles is 1. The molecule has 1 aromatic heterocycles. The molecular formula is C24H23N5O5S. The van der Waals surface area contributed by atoms with Gasteiger partial charge in [0.25, 0.3) is 5.91 Å². The predicted molar refractivity (Wildman–Crippen MR) is 133 cm³/mol. The summed E-state index contributed by atoms with van der Waals surface area (Å²) in [5, 5.41) is 15.2. The number of nitrogens with one attached hydrogen (secondary N) is 2. The molecule has 0 atom stereocenters. The third-order valence-corrected chi connectivity index (χ3v) is 5.69. The highest BCUT2D eigenvalue weighted by atomic mass is 32.2. The van der Waals surface area contributed by atoms with Crippen molar-refractivity contribution in [3.05, 3.63) is 59.7 Å². The predicted octanol–water partition coefficient (Wildman–Crippen LogP) is 3.54. The molecule has 1 heterocycles. The summed E-state index contributed by atoms with van der Waals surface area (Å²) in [5.41, 5.74) is 7.20. The topological polar surface area (TPSA) is 149 Å². The molecule has 4 N–H and O–H groups in total. The average Bonchev–Trinajstić information content (AvgIpc) is 2.87. The standard InChI is InChI=1S/C24H23N5O5S/c1-32-18-10-16(11-19(33-2)21(18)34-3)27-20(30)13-35-24-14(12-25)9-17(22(26)29-24)23(31)28-15-7-5-4-6-8-15/h4-11H,13H2,1-3H3,(H2,26,29)(H,27,30)(H,28,31). The summed E-state index contributed by atoms with van der Waals surface area (Å²) >= 11 is 1.02. The van der Waals surface area contributed by atoms with E-state index in [1.165, 1.54) is 27.4 Å². The maximum Gasteiger partial charge on any atom is 0.259 e. The number of nitrogens with zero attached hydrogens (tertiary/aromatic N) is 2. The SMILES string of the molecule is COc1cc(NC(=O)CSc2nc(N)c(C(=O)Nc3ccccc3)cc2C#N)cc(OC)c1OC. The minimum Gasteiger partial charge on any atom is -0.493 e. The Kier molecular flexibility index (Phi) is 8.37. The number of ether oxygens (including phenoxy) is 3. The molecule has 0 saturated carbocycles. The number of para-hydroxylation sites is 1. The number of benzene rings is 2. The third-order valence-electron chi connectivity index (χ3n) is 4.70. The summed E-state index contributed by atoms with van der Waals surface area (Å²) in [5.74, 6) is 0.213. The van der Waals surface area contributed by atoms with Crippen LogP contribution < -0.4 is 30.6 Å². The van der Waals surface area contributed by atoms with E-state index in [-0.39, 0.29) is 33.6 Å². The Morgan fingerprint density at radius 1 is 1.00 bits per heavy atom. The second-order valence-corrected chi connectivity index (χ2v) is 7.92. The number of rotatable bonds is 9. The van der Waals surface area contributed by atoms with E-state index in [9.17, 15) is 14.9 Å². The van der Waals surface area contributed by atoms with Gasteiger partial charge in [0.05, 0.1) is 38.2 Å². The van der Waals surface area contributed by atoms with Crippen LogP contribution in [0.1, 0.15) is 15.9 Å². The molecule has 0 radical (unpaired) electrons. The van der Waals surface area contributed by atoms with Gasteiger partial charge in [0.1, 0.15) is 16.9 Å². The van der Waals surface area contributed by atoms with Gasteiger partial charge in [-0.25, -0.2) is 4.98 Å². The van der Waals surface area contributed by atoms with E-state index in [0.29, 0.717) is 28.6 Å². The van der Waals surface area contributed by atoms with Gasteiger partial charge in [-0.1, -0.05) is 30.0 Å². The van der Waals surface area contributed by atoms with Crippen molar-refractivity contribution in [2.45, 2.75) is 5.03 Å². The molecule has 11 heteroatoms. The summed E-state index contributed by atoms with van der Waals surface area (Å²) in [6, 6.07) is 15.4. The monoisotopic (exact) mass is 493 g/mol. The van der Waals surface area contributed by atoms with Gasteiger partial charge in [0.15, 0.2) is 11.5 Å². The Labute approximate surface area is 206 Å². The molecule has 2 amide bonds. The molecule has 0 aliphatic heterocycles. The Morgan fingerprint density at radius 3 is 2.23 bits per heavy atom. The molecule has 10 nitrogen and oxygen atoms in total. The molecule has 0 unspecified atom stereocenters. The number of hydrogen-bond donors (Lipinski definition) is 3. The van der Waals surface area contributed by atoms with E-state index >= 15 is 0 Å². The summed E-state index contributed by atoms with van der Waals surface area (Å²) in [6.07, 6.45) is 0. The van der Waals surface area contributed by atoms with Crippen LogP contribution in [-0.2, 0) is 4.79 Å². The van der Waals surface area contributed by atoms with Gasteiger partial charge in [-0.15, -0.1) is 0 Å². The quantitative estimate of drug-likeness (QED) is 0.380. The van der Waals surface area contributed by atoms with Crippen molar-refractivity contribution < 1.29 is 23.8 Å². The smallest absolute Gasteiger partial charge is 0.259 e. The maximum atomic E-state index is 12.6. The first-order valence-electron chi connectivity index (χ1n) is 10.2. The van der Waals surface area contributed by atoms with E-state index in [0.717, 1.165) is 11.8 Å². The van der Waals surface area contributed by atoms with E-state index in [2.05, 4.69) is 15.6 Å². The van der Waals surface area contributed by atoms with Crippen molar-refractivity contribution in [1.82, 2.24) is 4.98 Å². The highest BCUT2D eigenvalue weighted by molar-refractivity contribution is 8.00. The molecule has 0 bridgehead atoms. The van der Waals surface area contributed by atoms with E-state index in [1.807, 2.05) is 12.1 Å². The first-order valence-corrected chi connectivity index (χ1v) is 11.2. The molecule has 3 rings (SSSR count). The second kappa shape index (κ2) is 11.6. The van der Waals surface area contributed by atoms with Crippen molar-refractivity contribution in [1.29, 1.82) is 5.26 Å². The Morgan fingerprint density at radius 2 is 1.66 bits per heavy atom. The first kappa shape index (κ1) is 25.2. The van der Waals surface area contributed by atoms with Gasteiger partial charge in [-0.3, -0.25) is 9.59 Å². The number of nitrogens with two attached hydrogens (primary N) is 1. The van der Waals surface area contributed by atoms with Gasteiger partial charge in [0, 0.05) is 23.5 Å². The molecule has 0 aliphatic carbocycles. The lowest BCUT2D eigenvalue weighted by atomic mass is 10.2. The number of hydrogen-bond acceptors (Lipinski definition) is 9. The summed E-state index contributed by atoms with van der Waals surface area (Å²) in [7, 11) is 4.43. The van der Waals surface area contributed by atoms with E-state index in [1.54, 1.807) is 36.4 Å².